The Balaban J connectivity index is 2.29. The van der Waals surface area contributed by atoms with Gasteiger partial charge in [-0.3, -0.25) is 9.78 Å². The van der Waals surface area contributed by atoms with Crippen molar-refractivity contribution in [3.8, 4) is 0 Å². The fraction of sp³-hybridized carbons (Fsp3) is 0.167. The van der Waals surface area contributed by atoms with Gasteiger partial charge in [0.2, 0.25) is 5.91 Å². The van der Waals surface area contributed by atoms with Crippen molar-refractivity contribution < 1.29 is 4.79 Å². The second-order valence-corrected chi connectivity index (χ2v) is 4.13. The lowest BCUT2D eigenvalue weighted by atomic mass is 10.1. The first-order chi connectivity index (χ1) is 7.66. The molecule has 0 spiro atoms. The Kier molecular flexibility index (Phi) is 3.06. The van der Waals surface area contributed by atoms with Gasteiger partial charge >= 0.3 is 0 Å². The first-order valence-corrected chi connectivity index (χ1v) is 5.37. The zero-order valence-electron chi connectivity index (χ0n) is 8.56. The molecule has 2 N–H and O–H groups in total. The normalized spacial score (nSPS) is 12.6. The van der Waals surface area contributed by atoms with Gasteiger partial charge < -0.3 is 5.73 Å². The number of alkyl halides is 1. The molecule has 16 heavy (non-hydrogen) atoms. The fourth-order valence-electron chi connectivity index (χ4n) is 1.56. The Morgan fingerprint density at radius 3 is 3.00 bits per heavy atom. The van der Waals surface area contributed by atoms with Gasteiger partial charge in [-0.05, 0) is 30.2 Å². The highest BCUT2D eigenvalue weighted by atomic mass is 35.5. The van der Waals surface area contributed by atoms with Gasteiger partial charge in [0.05, 0.1) is 5.52 Å². The summed E-state index contributed by atoms with van der Waals surface area (Å²) in [4.78, 5) is 15.1. The minimum absolute atomic E-state index is 0.446. The molecule has 0 radical (unpaired) electrons. The number of nitrogens with zero attached hydrogens (tertiary/aromatic N) is 1. The zero-order valence-corrected chi connectivity index (χ0v) is 9.32. The summed E-state index contributed by atoms with van der Waals surface area (Å²) in [5.74, 6) is -0.493. The number of pyridine rings is 1. The van der Waals surface area contributed by atoms with Crippen LogP contribution in [0.3, 0.4) is 0 Å². The quantitative estimate of drug-likeness (QED) is 0.825. The van der Waals surface area contributed by atoms with Crippen LogP contribution in [0.2, 0.25) is 0 Å². The molecule has 1 aromatic heterocycles. The van der Waals surface area contributed by atoms with Gasteiger partial charge in [-0.2, -0.15) is 0 Å². The smallest absolute Gasteiger partial charge is 0.235 e. The highest BCUT2D eigenvalue weighted by molar-refractivity contribution is 6.30. The molecule has 0 saturated carbocycles. The van der Waals surface area contributed by atoms with Crippen molar-refractivity contribution in [2.24, 2.45) is 5.73 Å². The van der Waals surface area contributed by atoms with E-state index in [1.807, 2.05) is 30.3 Å². The van der Waals surface area contributed by atoms with E-state index < -0.39 is 11.3 Å². The number of aromatic nitrogens is 1. The molecule has 2 aromatic rings. The molecule has 1 amide bonds. The Hall–Kier alpha value is -1.61. The number of rotatable bonds is 3. The summed E-state index contributed by atoms with van der Waals surface area (Å²) in [7, 11) is 0. The summed E-state index contributed by atoms with van der Waals surface area (Å²) in [6, 6.07) is 9.64. The van der Waals surface area contributed by atoms with Crippen LogP contribution in [-0.4, -0.2) is 16.3 Å². The molecule has 0 aliphatic rings. The van der Waals surface area contributed by atoms with Gasteiger partial charge in [-0.25, -0.2) is 0 Å². The van der Waals surface area contributed by atoms with Gasteiger partial charge in [0.15, 0.2) is 0 Å². The number of carbonyl (C=O) groups excluding carboxylic acids is 1. The Morgan fingerprint density at radius 2 is 2.25 bits per heavy atom. The highest BCUT2D eigenvalue weighted by Gasteiger charge is 2.12. The monoisotopic (exact) mass is 234 g/mol. The third kappa shape index (κ3) is 2.31. The molecule has 2 rings (SSSR count). The average Bonchev–Trinajstić information content (AvgIpc) is 2.28. The molecular formula is C12H11ClN2O. The highest BCUT2D eigenvalue weighted by Crippen LogP contribution is 2.15. The molecule has 4 heteroatoms. The summed E-state index contributed by atoms with van der Waals surface area (Å²) in [5.41, 5.74) is 7.03. The number of fused-ring (bicyclic) bond motifs is 1. The van der Waals surface area contributed by atoms with E-state index in [1.165, 1.54) is 0 Å². The van der Waals surface area contributed by atoms with Gasteiger partial charge in [0.1, 0.15) is 5.38 Å². The molecule has 0 saturated heterocycles. The Labute approximate surface area is 98.2 Å². The van der Waals surface area contributed by atoms with Crippen LogP contribution >= 0.6 is 11.6 Å². The average molecular weight is 235 g/mol. The number of amides is 1. The number of primary amides is 1. The van der Waals surface area contributed by atoms with E-state index >= 15 is 0 Å². The third-order valence-corrected chi connectivity index (χ3v) is 2.76. The number of hydrogen-bond acceptors (Lipinski definition) is 2. The van der Waals surface area contributed by atoms with Gasteiger partial charge in [-0.15, -0.1) is 11.6 Å². The van der Waals surface area contributed by atoms with Crippen LogP contribution in [0.4, 0.5) is 0 Å². The van der Waals surface area contributed by atoms with Crippen LogP contribution in [0.5, 0.6) is 0 Å². The molecule has 1 aromatic carbocycles. The van der Waals surface area contributed by atoms with Crippen LogP contribution in [0.15, 0.2) is 36.5 Å². The van der Waals surface area contributed by atoms with Crippen molar-refractivity contribution in [2.45, 2.75) is 11.8 Å². The van der Waals surface area contributed by atoms with E-state index in [0.29, 0.717) is 6.42 Å². The topological polar surface area (TPSA) is 56.0 Å². The van der Waals surface area contributed by atoms with Crippen LogP contribution < -0.4 is 5.73 Å². The standard InChI is InChI=1S/C12H11ClN2O/c13-10(12(14)16)7-8-3-4-11-9(6-8)2-1-5-15-11/h1-6,10H,7H2,(H2,14,16). The molecule has 1 atom stereocenters. The largest absolute Gasteiger partial charge is 0.368 e. The maximum atomic E-state index is 10.8. The minimum Gasteiger partial charge on any atom is -0.368 e. The molecule has 0 fully saturated rings. The van der Waals surface area contributed by atoms with E-state index in [1.54, 1.807) is 6.20 Å². The molecule has 0 bridgehead atoms. The number of nitrogens with two attached hydrogens (primary N) is 1. The lowest BCUT2D eigenvalue weighted by Crippen LogP contribution is -2.25. The Bertz CT molecular complexity index is 527. The van der Waals surface area contributed by atoms with E-state index in [4.69, 9.17) is 17.3 Å². The van der Waals surface area contributed by atoms with Crippen LogP contribution in [-0.2, 0) is 11.2 Å². The predicted octanol–water partition coefficient (Wildman–Crippen LogP) is 1.87. The second-order valence-electron chi connectivity index (χ2n) is 3.60. The number of hydrogen-bond donors (Lipinski definition) is 1. The summed E-state index contributed by atoms with van der Waals surface area (Å²) >= 11 is 5.81. The van der Waals surface area contributed by atoms with E-state index in [2.05, 4.69) is 4.98 Å². The molecule has 3 nitrogen and oxygen atoms in total. The molecular weight excluding hydrogens is 224 g/mol. The van der Waals surface area contributed by atoms with E-state index in [0.717, 1.165) is 16.5 Å². The minimum atomic E-state index is -0.658. The predicted molar refractivity (Wildman–Crippen MR) is 64.3 cm³/mol. The van der Waals surface area contributed by atoms with Crippen molar-refractivity contribution in [2.75, 3.05) is 0 Å². The summed E-state index contributed by atoms with van der Waals surface area (Å²) < 4.78 is 0. The van der Waals surface area contributed by atoms with Gasteiger partial charge in [0, 0.05) is 11.6 Å². The molecule has 1 heterocycles. The Morgan fingerprint density at radius 1 is 1.44 bits per heavy atom. The van der Waals surface area contributed by atoms with Gasteiger partial charge in [-0.1, -0.05) is 12.1 Å². The maximum Gasteiger partial charge on any atom is 0.235 e. The SMILES string of the molecule is NC(=O)C(Cl)Cc1ccc2ncccc2c1. The lowest BCUT2D eigenvalue weighted by Gasteiger charge is -2.06. The van der Waals surface area contributed by atoms with Crippen molar-refractivity contribution >= 4 is 28.4 Å². The van der Waals surface area contributed by atoms with Gasteiger partial charge in [0.25, 0.3) is 0 Å². The van der Waals surface area contributed by atoms with Crippen molar-refractivity contribution in [1.29, 1.82) is 0 Å². The van der Waals surface area contributed by atoms with Crippen LogP contribution in [0.1, 0.15) is 5.56 Å². The van der Waals surface area contributed by atoms with Crippen molar-refractivity contribution in [1.82, 2.24) is 4.98 Å². The summed E-state index contributed by atoms with van der Waals surface area (Å²) in [6.07, 6.45) is 2.19. The number of benzene rings is 1. The summed E-state index contributed by atoms with van der Waals surface area (Å²) in [5, 5.41) is 0.377. The van der Waals surface area contributed by atoms with Crippen LogP contribution in [0, 0.1) is 0 Å². The second kappa shape index (κ2) is 4.49. The first kappa shape index (κ1) is 10.9. The molecule has 1 unspecified atom stereocenters. The maximum absolute atomic E-state index is 10.8. The number of carbonyl (C=O) groups is 1. The summed E-state index contributed by atoms with van der Waals surface area (Å²) in [6.45, 7) is 0. The molecule has 82 valence electrons. The molecule has 0 aliphatic carbocycles. The van der Waals surface area contributed by atoms with Crippen LogP contribution in [0.25, 0.3) is 10.9 Å². The lowest BCUT2D eigenvalue weighted by molar-refractivity contribution is -0.117. The third-order valence-electron chi connectivity index (χ3n) is 2.39. The zero-order chi connectivity index (χ0) is 11.5. The van der Waals surface area contributed by atoms with Crippen molar-refractivity contribution in [3.63, 3.8) is 0 Å². The number of halogens is 1. The van der Waals surface area contributed by atoms with E-state index in [-0.39, 0.29) is 0 Å². The first-order valence-electron chi connectivity index (χ1n) is 4.94. The molecule has 0 aliphatic heterocycles. The van der Waals surface area contributed by atoms with E-state index in [9.17, 15) is 4.79 Å². The fourth-order valence-corrected chi connectivity index (χ4v) is 1.74. The van der Waals surface area contributed by atoms with Crippen molar-refractivity contribution in [3.05, 3.63) is 42.1 Å².